The lowest BCUT2D eigenvalue weighted by Gasteiger charge is -2.23. The Morgan fingerprint density at radius 2 is 1.44 bits per heavy atom. The summed E-state index contributed by atoms with van der Waals surface area (Å²) in [6.07, 6.45) is -1.92. The second-order valence-electron chi connectivity index (χ2n) is 8.17. The van der Waals surface area contributed by atoms with Crippen LogP contribution in [0.5, 0.6) is 0 Å². The number of halogens is 3. The minimum atomic E-state index is -4.52. The lowest BCUT2D eigenvalue weighted by atomic mass is 9.89. The van der Waals surface area contributed by atoms with Gasteiger partial charge in [0.25, 0.3) is 11.8 Å². The molecule has 2 amide bonds. The lowest BCUT2D eigenvalue weighted by Crippen LogP contribution is -2.37. The zero-order valence-corrected chi connectivity index (χ0v) is 17.5. The van der Waals surface area contributed by atoms with Crippen LogP contribution in [0.2, 0.25) is 0 Å². The van der Waals surface area contributed by atoms with E-state index in [9.17, 15) is 27.6 Å². The zero-order valence-electron chi connectivity index (χ0n) is 17.5. The number of rotatable bonds is 2. The Labute approximate surface area is 183 Å². The van der Waals surface area contributed by atoms with Gasteiger partial charge in [-0.2, -0.15) is 13.2 Å². The molecule has 2 aromatic carbocycles. The van der Waals surface area contributed by atoms with E-state index in [2.05, 4.69) is 0 Å². The van der Waals surface area contributed by atoms with Gasteiger partial charge in [-0.1, -0.05) is 12.1 Å². The Kier molecular flexibility index (Phi) is 6.04. The molecule has 5 nitrogen and oxygen atoms in total. The molecule has 1 heterocycles. The summed E-state index contributed by atoms with van der Waals surface area (Å²) in [5, 5.41) is 0. The van der Waals surface area contributed by atoms with E-state index in [0.29, 0.717) is 43.6 Å². The molecule has 1 fully saturated rings. The van der Waals surface area contributed by atoms with E-state index in [1.807, 2.05) is 0 Å². The molecular weight excluding hydrogens is 421 g/mol. The maximum absolute atomic E-state index is 13.0. The van der Waals surface area contributed by atoms with Gasteiger partial charge in [0.15, 0.2) is 5.78 Å². The number of fused-ring (bicyclic) bond motifs is 1. The van der Waals surface area contributed by atoms with Crippen molar-refractivity contribution < 1.29 is 27.6 Å². The third-order valence-corrected chi connectivity index (χ3v) is 6.01. The van der Waals surface area contributed by atoms with E-state index in [-0.39, 0.29) is 23.8 Å². The minimum Gasteiger partial charge on any atom is -0.337 e. The number of hydrogen-bond donors (Lipinski definition) is 0. The Balaban J connectivity index is 1.45. The van der Waals surface area contributed by atoms with Crippen LogP contribution in [0.3, 0.4) is 0 Å². The normalized spacial score (nSPS) is 17.0. The van der Waals surface area contributed by atoms with Crippen LogP contribution in [-0.4, -0.2) is 53.6 Å². The Morgan fingerprint density at radius 3 is 2.09 bits per heavy atom. The lowest BCUT2D eigenvalue weighted by molar-refractivity contribution is -0.137. The van der Waals surface area contributed by atoms with Gasteiger partial charge in [-0.15, -0.1) is 0 Å². The van der Waals surface area contributed by atoms with Crippen molar-refractivity contribution in [3.63, 3.8) is 0 Å². The van der Waals surface area contributed by atoms with E-state index in [4.69, 9.17) is 0 Å². The summed E-state index contributed by atoms with van der Waals surface area (Å²) in [5.74, 6) is -0.541. The van der Waals surface area contributed by atoms with Gasteiger partial charge >= 0.3 is 6.18 Å². The first-order chi connectivity index (χ1) is 15.2. The molecule has 32 heavy (non-hydrogen) atoms. The van der Waals surface area contributed by atoms with Gasteiger partial charge < -0.3 is 9.80 Å². The number of amides is 2. The Morgan fingerprint density at radius 1 is 0.781 bits per heavy atom. The molecule has 4 rings (SSSR count). The van der Waals surface area contributed by atoms with E-state index >= 15 is 0 Å². The molecule has 0 bridgehead atoms. The maximum atomic E-state index is 13.0. The fraction of sp³-hybridized carbons (Fsp3) is 0.375. The van der Waals surface area contributed by atoms with Gasteiger partial charge in [0.2, 0.25) is 0 Å². The van der Waals surface area contributed by atoms with Crippen molar-refractivity contribution in [2.75, 3.05) is 26.2 Å². The number of hydrogen-bond acceptors (Lipinski definition) is 3. The van der Waals surface area contributed by atoms with Crippen molar-refractivity contribution in [3.8, 4) is 0 Å². The highest BCUT2D eigenvalue weighted by Gasteiger charge is 2.32. The molecule has 0 atom stereocenters. The summed E-state index contributed by atoms with van der Waals surface area (Å²) in [6.45, 7) is 1.34. The highest BCUT2D eigenvalue weighted by Crippen LogP contribution is 2.30. The van der Waals surface area contributed by atoms with Crippen LogP contribution in [-0.2, 0) is 12.6 Å². The third kappa shape index (κ3) is 4.54. The van der Waals surface area contributed by atoms with Crippen LogP contribution < -0.4 is 0 Å². The number of alkyl halides is 3. The molecule has 0 saturated carbocycles. The predicted molar refractivity (Wildman–Crippen MR) is 112 cm³/mol. The Bertz CT molecular complexity index is 1060. The summed E-state index contributed by atoms with van der Waals surface area (Å²) < 4.78 is 38.9. The van der Waals surface area contributed by atoms with Gasteiger partial charge in [0.1, 0.15) is 0 Å². The average molecular weight is 444 g/mol. The van der Waals surface area contributed by atoms with Crippen molar-refractivity contribution in [1.29, 1.82) is 0 Å². The number of carbonyl (C=O) groups excluding carboxylic acids is 3. The number of Topliss-reactive ketones (excluding diaryl/α,β-unsaturated/α-hetero) is 1. The summed E-state index contributed by atoms with van der Waals surface area (Å²) in [5.41, 5.74) is 1.21. The first kappa shape index (κ1) is 22.0. The topological polar surface area (TPSA) is 57.7 Å². The molecule has 1 aliphatic carbocycles. The molecule has 168 valence electrons. The summed E-state index contributed by atoms with van der Waals surface area (Å²) >= 11 is 0. The standard InChI is InChI=1S/C24H23F3N2O3/c25-24(26,27)19-6-1-5-17(15-19)22(31)28-10-3-11-29(13-12-28)23(32)18-8-9-20-16(14-18)4-2-7-21(20)30/h1,5-6,8-9,14-15H,2-4,7,10-13H2. The van der Waals surface area contributed by atoms with Crippen LogP contribution in [0, 0.1) is 0 Å². The zero-order chi connectivity index (χ0) is 22.9. The Hall–Kier alpha value is -3.16. The second-order valence-corrected chi connectivity index (χ2v) is 8.17. The largest absolute Gasteiger partial charge is 0.416 e. The number of carbonyl (C=O) groups is 3. The van der Waals surface area contributed by atoms with Crippen LogP contribution in [0.25, 0.3) is 0 Å². The van der Waals surface area contributed by atoms with Crippen molar-refractivity contribution in [3.05, 3.63) is 70.3 Å². The van der Waals surface area contributed by atoms with Crippen LogP contribution in [0.1, 0.15) is 61.5 Å². The molecule has 2 aromatic rings. The van der Waals surface area contributed by atoms with E-state index in [1.54, 1.807) is 23.1 Å². The van der Waals surface area contributed by atoms with Gasteiger partial charge in [-0.05, 0) is 55.2 Å². The predicted octanol–water partition coefficient (Wildman–Crippen LogP) is 4.21. The van der Waals surface area contributed by atoms with Gasteiger partial charge in [-0.25, -0.2) is 0 Å². The molecule has 0 spiro atoms. The highest BCUT2D eigenvalue weighted by molar-refractivity contribution is 6.01. The second kappa shape index (κ2) is 8.76. The summed E-state index contributed by atoms with van der Waals surface area (Å²) in [4.78, 5) is 41.0. The summed E-state index contributed by atoms with van der Waals surface area (Å²) in [6, 6.07) is 9.57. The van der Waals surface area contributed by atoms with Crippen LogP contribution in [0.15, 0.2) is 42.5 Å². The number of aryl methyl sites for hydroxylation is 1. The SMILES string of the molecule is O=C1CCCc2cc(C(=O)N3CCCN(C(=O)c4cccc(C(F)(F)F)c4)CC3)ccc21. The first-order valence-electron chi connectivity index (χ1n) is 10.7. The molecule has 1 aliphatic heterocycles. The van der Waals surface area contributed by atoms with Crippen LogP contribution in [0.4, 0.5) is 13.2 Å². The molecule has 8 heteroatoms. The maximum Gasteiger partial charge on any atom is 0.416 e. The number of nitrogens with zero attached hydrogens (tertiary/aromatic N) is 2. The average Bonchev–Trinajstić information content (AvgIpc) is 3.04. The quantitative estimate of drug-likeness (QED) is 0.697. The fourth-order valence-electron chi connectivity index (χ4n) is 4.30. The van der Waals surface area contributed by atoms with E-state index in [0.717, 1.165) is 30.5 Å². The van der Waals surface area contributed by atoms with E-state index < -0.39 is 17.6 Å². The van der Waals surface area contributed by atoms with E-state index in [1.165, 1.54) is 17.0 Å². The molecule has 1 saturated heterocycles. The number of ketones is 1. The van der Waals surface area contributed by atoms with Crippen molar-refractivity contribution >= 4 is 17.6 Å². The fourth-order valence-corrected chi connectivity index (χ4v) is 4.30. The van der Waals surface area contributed by atoms with Crippen molar-refractivity contribution in [2.24, 2.45) is 0 Å². The van der Waals surface area contributed by atoms with Crippen LogP contribution >= 0.6 is 0 Å². The minimum absolute atomic E-state index is 0.0149. The van der Waals surface area contributed by atoms with Crippen molar-refractivity contribution in [1.82, 2.24) is 9.80 Å². The molecule has 0 unspecified atom stereocenters. The molecule has 0 aromatic heterocycles. The molecule has 2 aliphatic rings. The molecular formula is C24H23F3N2O3. The smallest absolute Gasteiger partial charge is 0.337 e. The van der Waals surface area contributed by atoms with Crippen molar-refractivity contribution in [2.45, 2.75) is 31.9 Å². The number of benzene rings is 2. The monoisotopic (exact) mass is 444 g/mol. The first-order valence-corrected chi connectivity index (χ1v) is 10.7. The third-order valence-electron chi connectivity index (χ3n) is 6.01. The van der Waals surface area contributed by atoms with Gasteiger partial charge in [0, 0.05) is 49.3 Å². The van der Waals surface area contributed by atoms with Gasteiger partial charge in [0.05, 0.1) is 5.56 Å². The molecule has 0 radical (unpaired) electrons. The molecule has 0 N–H and O–H groups in total. The van der Waals surface area contributed by atoms with Gasteiger partial charge in [-0.3, -0.25) is 14.4 Å². The summed E-state index contributed by atoms with van der Waals surface area (Å²) in [7, 11) is 0. The highest BCUT2D eigenvalue weighted by atomic mass is 19.4.